The van der Waals surface area contributed by atoms with Crippen molar-refractivity contribution >= 4 is 27.5 Å². The molecule has 7 heteroatoms. The van der Waals surface area contributed by atoms with Crippen LogP contribution in [0.5, 0.6) is 5.75 Å². The van der Waals surface area contributed by atoms with E-state index in [4.69, 9.17) is 4.18 Å². The zero-order valence-corrected chi connectivity index (χ0v) is 14.7. The Morgan fingerprint density at radius 3 is 2.52 bits per heavy atom. The molecule has 1 heterocycles. The van der Waals surface area contributed by atoms with E-state index in [0.717, 1.165) is 11.3 Å². The van der Waals surface area contributed by atoms with E-state index in [2.05, 4.69) is 0 Å². The Hall–Kier alpha value is -2.67. The second-order valence-corrected chi connectivity index (χ2v) is 7.38. The highest BCUT2D eigenvalue weighted by Crippen LogP contribution is 2.31. The van der Waals surface area contributed by atoms with Crippen LogP contribution in [0.3, 0.4) is 0 Å². The molecule has 0 radical (unpaired) electrons. The van der Waals surface area contributed by atoms with Crippen LogP contribution in [0.25, 0.3) is 0 Å². The second kappa shape index (κ2) is 6.33. The Morgan fingerprint density at radius 2 is 1.84 bits per heavy atom. The summed E-state index contributed by atoms with van der Waals surface area (Å²) in [6.45, 7) is 3.41. The summed E-state index contributed by atoms with van der Waals surface area (Å²) in [5.74, 6) is -0.171. The Balaban J connectivity index is 1.90. The van der Waals surface area contributed by atoms with Gasteiger partial charge in [0.15, 0.2) is 5.78 Å². The number of hydrogen-bond donors (Lipinski definition) is 0. The SMILES string of the molecule is CC(=O)c1cccc(OS(=O)(=O)c2ccc3c(c2)CCN3C(C)=O)c1. The number of carbonyl (C=O) groups is 2. The molecule has 0 aliphatic carbocycles. The van der Waals surface area contributed by atoms with Crippen molar-refractivity contribution in [1.29, 1.82) is 0 Å². The van der Waals surface area contributed by atoms with Crippen LogP contribution < -0.4 is 9.08 Å². The van der Waals surface area contributed by atoms with Gasteiger partial charge >= 0.3 is 10.1 Å². The van der Waals surface area contributed by atoms with Crippen LogP contribution in [0.4, 0.5) is 5.69 Å². The Kier molecular flexibility index (Phi) is 4.34. The smallest absolute Gasteiger partial charge is 0.339 e. The monoisotopic (exact) mass is 359 g/mol. The summed E-state index contributed by atoms with van der Waals surface area (Å²) < 4.78 is 30.2. The molecule has 0 saturated carbocycles. The maximum Gasteiger partial charge on any atom is 0.339 e. The molecule has 0 atom stereocenters. The van der Waals surface area contributed by atoms with E-state index < -0.39 is 10.1 Å². The van der Waals surface area contributed by atoms with Gasteiger partial charge in [-0.25, -0.2) is 0 Å². The molecule has 0 bridgehead atoms. The molecule has 2 aromatic carbocycles. The van der Waals surface area contributed by atoms with Crippen LogP contribution in [0.15, 0.2) is 47.4 Å². The first-order chi connectivity index (χ1) is 11.8. The third-order valence-corrected chi connectivity index (χ3v) is 5.30. The molecule has 0 unspecified atom stereocenters. The van der Waals surface area contributed by atoms with Gasteiger partial charge in [-0.2, -0.15) is 8.42 Å². The summed E-state index contributed by atoms with van der Waals surface area (Å²) in [6, 6.07) is 10.6. The third kappa shape index (κ3) is 3.41. The minimum Gasteiger partial charge on any atom is -0.379 e. The lowest BCUT2D eigenvalue weighted by Crippen LogP contribution is -2.25. The number of Topliss-reactive ketones (excluding diaryl/α,β-unsaturated/α-hetero) is 1. The lowest BCUT2D eigenvalue weighted by atomic mass is 10.1. The van der Waals surface area contributed by atoms with Gasteiger partial charge in [-0.05, 0) is 49.2 Å². The van der Waals surface area contributed by atoms with Gasteiger partial charge in [0.25, 0.3) is 0 Å². The van der Waals surface area contributed by atoms with E-state index in [9.17, 15) is 18.0 Å². The second-order valence-electron chi connectivity index (χ2n) is 5.83. The summed E-state index contributed by atoms with van der Waals surface area (Å²) in [5, 5.41) is 0. The van der Waals surface area contributed by atoms with E-state index >= 15 is 0 Å². The fourth-order valence-corrected chi connectivity index (χ4v) is 3.78. The molecular formula is C18H17NO5S. The number of rotatable bonds is 4. The number of anilines is 1. The van der Waals surface area contributed by atoms with E-state index in [0.29, 0.717) is 18.5 Å². The molecule has 0 saturated heterocycles. The van der Waals surface area contributed by atoms with Gasteiger partial charge in [0.2, 0.25) is 5.91 Å². The first-order valence-electron chi connectivity index (χ1n) is 7.74. The molecule has 0 aromatic heterocycles. The van der Waals surface area contributed by atoms with Crippen LogP contribution in [-0.2, 0) is 21.3 Å². The lowest BCUT2D eigenvalue weighted by Gasteiger charge is -2.15. The Morgan fingerprint density at radius 1 is 1.08 bits per heavy atom. The van der Waals surface area contributed by atoms with Gasteiger partial charge in [0.1, 0.15) is 10.6 Å². The average molecular weight is 359 g/mol. The van der Waals surface area contributed by atoms with E-state index in [-0.39, 0.29) is 22.3 Å². The fraction of sp³-hybridized carbons (Fsp3) is 0.222. The summed E-state index contributed by atoms with van der Waals surface area (Å²) >= 11 is 0. The van der Waals surface area contributed by atoms with Crippen molar-refractivity contribution in [3.63, 3.8) is 0 Å². The van der Waals surface area contributed by atoms with Crippen molar-refractivity contribution in [2.75, 3.05) is 11.4 Å². The van der Waals surface area contributed by atoms with Crippen molar-refractivity contribution < 1.29 is 22.2 Å². The number of carbonyl (C=O) groups excluding carboxylic acids is 2. The number of ketones is 1. The molecule has 1 aliphatic rings. The van der Waals surface area contributed by atoms with Gasteiger partial charge < -0.3 is 9.08 Å². The van der Waals surface area contributed by atoms with Crippen LogP contribution >= 0.6 is 0 Å². The normalized spacial score (nSPS) is 13.4. The largest absolute Gasteiger partial charge is 0.379 e. The van der Waals surface area contributed by atoms with Crippen molar-refractivity contribution in [2.45, 2.75) is 25.2 Å². The van der Waals surface area contributed by atoms with E-state index in [1.165, 1.54) is 38.1 Å². The predicted molar refractivity (Wildman–Crippen MR) is 92.4 cm³/mol. The highest BCUT2D eigenvalue weighted by atomic mass is 32.2. The lowest BCUT2D eigenvalue weighted by molar-refractivity contribution is -0.116. The molecule has 2 aromatic rings. The molecule has 3 rings (SSSR count). The van der Waals surface area contributed by atoms with Gasteiger partial charge in [0.05, 0.1) is 0 Å². The topological polar surface area (TPSA) is 80.8 Å². The molecule has 0 spiro atoms. The van der Waals surface area contributed by atoms with Crippen LogP contribution in [0.1, 0.15) is 29.8 Å². The van der Waals surface area contributed by atoms with Gasteiger partial charge in [0, 0.05) is 24.7 Å². The number of amides is 1. The zero-order chi connectivity index (χ0) is 18.2. The number of benzene rings is 2. The van der Waals surface area contributed by atoms with E-state index in [1.54, 1.807) is 23.1 Å². The molecule has 25 heavy (non-hydrogen) atoms. The van der Waals surface area contributed by atoms with Crippen molar-refractivity contribution in [1.82, 2.24) is 0 Å². The third-order valence-electron chi connectivity index (χ3n) is 4.06. The zero-order valence-electron chi connectivity index (χ0n) is 13.9. The molecule has 130 valence electrons. The Labute approximate surface area is 146 Å². The molecule has 0 N–H and O–H groups in total. The fourth-order valence-electron chi connectivity index (χ4n) is 2.80. The van der Waals surface area contributed by atoms with Crippen molar-refractivity contribution in [2.24, 2.45) is 0 Å². The van der Waals surface area contributed by atoms with Crippen molar-refractivity contribution in [3.8, 4) is 5.75 Å². The first kappa shape index (κ1) is 17.2. The van der Waals surface area contributed by atoms with Crippen LogP contribution in [0.2, 0.25) is 0 Å². The molecule has 6 nitrogen and oxygen atoms in total. The highest BCUT2D eigenvalue weighted by molar-refractivity contribution is 7.87. The maximum absolute atomic E-state index is 12.5. The molecule has 0 fully saturated rings. The standard InChI is InChI=1S/C18H17NO5S/c1-12(20)14-4-3-5-16(10-14)24-25(22,23)17-6-7-18-15(11-17)8-9-19(18)13(2)21/h3-7,10-11H,8-9H2,1-2H3. The summed E-state index contributed by atoms with van der Waals surface area (Å²) in [4.78, 5) is 24.6. The van der Waals surface area contributed by atoms with E-state index in [1.807, 2.05) is 0 Å². The van der Waals surface area contributed by atoms with Gasteiger partial charge in [-0.3, -0.25) is 9.59 Å². The maximum atomic E-state index is 12.5. The highest BCUT2D eigenvalue weighted by Gasteiger charge is 2.25. The minimum atomic E-state index is -4.03. The van der Waals surface area contributed by atoms with Crippen molar-refractivity contribution in [3.05, 3.63) is 53.6 Å². The van der Waals surface area contributed by atoms with Gasteiger partial charge in [-0.1, -0.05) is 12.1 Å². The predicted octanol–water partition coefficient (Wildman–Crippen LogP) is 2.57. The number of hydrogen-bond acceptors (Lipinski definition) is 5. The quantitative estimate of drug-likeness (QED) is 0.619. The summed E-state index contributed by atoms with van der Waals surface area (Å²) in [6.07, 6.45) is 0.595. The molecule has 1 aliphatic heterocycles. The molecular weight excluding hydrogens is 342 g/mol. The summed E-state index contributed by atoms with van der Waals surface area (Å²) in [7, 11) is -4.03. The number of fused-ring (bicyclic) bond motifs is 1. The van der Waals surface area contributed by atoms with Gasteiger partial charge in [-0.15, -0.1) is 0 Å². The Bertz CT molecular complexity index is 965. The van der Waals surface area contributed by atoms with Crippen LogP contribution in [0, 0.1) is 0 Å². The minimum absolute atomic E-state index is 0.0184. The summed E-state index contributed by atoms with van der Waals surface area (Å²) in [5.41, 5.74) is 1.89. The van der Waals surface area contributed by atoms with Crippen LogP contribution in [-0.4, -0.2) is 26.7 Å². The average Bonchev–Trinajstić information content (AvgIpc) is 2.98. The molecule has 1 amide bonds. The number of nitrogens with zero attached hydrogens (tertiary/aromatic N) is 1. The first-order valence-corrected chi connectivity index (χ1v) is 9.15.